The van der Waals surface area contributed by atoms with Crippen molar-refractivity contribution < 1.29 is 99.0 Å². The van der Waals surface area contributed by atoms with E-state index < -0.39 is 157 Å². The lowest BCUT2D eigenvalue weighted by molar-refractivity contribution is -0.385. The van der Waals surface area contributed by atoms with Crippen molar-refractivity contribution >= 4 is 65.1 Å². The number of carboxylic acid groups (broad SMARTS) is 9. The molecule has 0 radical (unpaired) electrons. The Kier molecular flexibility index (Phi) is 23.5. The zero-order valence-corrected chi connectivity index (χ0v) is 40.5. The summed E-state index contributed by atoms with van der Waals surface area (Å²) in [6.07, 6.45) is -2.50. The van der Waals surface area contributed by atoms with Crippen LogP contribution in [0.3, 0.4) is 0 Å². The van der Waals surface area contributed by atoms with Gasteiger partial charge in [0.25, 0.3) is 11.4 Å². The molecule has 0 aliphatic carbocycles. The van der Waals surface area contributed by atoms with Crippen LogP contribution < -0.4 is 10.6 Å². The molecule has 0 heterocycles. The first-order chi connectivity index (χ1) is 34.2. The summed E-state index contributed by atoms with van der Waals surface area (Å²) in [6.45, 7) is -0.427. The van der Waals surface area contributed by atoms with Gasteiger partial charge in [0.1, 0.15) is 0 Å². The largest absolute Gasteiger partial charge is 0.480 e. The molecule has 0 fully saturated rings. The number of hydrogen-bond donors (Lipinski definition) is 11. The molecule has 2 atom stereocenters. The van der Waals surface area contributed by atoms with Gasteiger partial charge < -0.3 is 46.0 Å². The zero-order chi connectivity index (χ0) is 56.4. The van der Waals surface area contributed by atoms with Gasteiger partial charge in [0.05, 0.1) is 36.0 Å². The van der Waals surface area contributed by atoms with Gasteiger partial charge in [-0.05, 0) is 34.8 Å². The van der Waals surface area contributed by atoms with E-state index in [0.29, 0.717) is 11.1 Å². The quantitative estimate of drug-likeness (QED) is 0.0172. The summed E-state index contributed by atoms with van der Waals surface area (Å²) in [5.41, 5.74) is -2.63. The normalized spacial score (nSPS) is 13.2. The maximum absolute atomic E-state index is 13.3. The molecule has 2 aromatic rings. The number of nitrogens with one attached hydrogen (secondary N) is 2. The number of hydrogen-bond acceptors (Lipinski definition) is 19. The van der Waals surface area contributed by atoms with E-state index >= 15 is 0 Å². The highest BCUT2D eigenvalue weighted by Gasteiger charge is 2.41. The molecule has 0 aliphatic rings. The smallest absolute Gasteiger partial charge is 0.336 e. The molecular formula is C44H60N8O22. The summed E-state index contributed by atoms with van der Waals surface area (Å²) < 4.78 is 0. The lowest BCUT2D eigenvalue weighted by atomic mass is 9.89. The number of nitrogens with zero attached hydrogens (tertiary/aromatic N) is 6. The van der Waals surface area contributed by atoms with Crippen LogP contribution in [0.2, 0.25) is 0 Å². The number of nitro groups is 2. The van der Waals surface area contributed by atoms with Gasteiger partial charge >= 0.3 is 53.7 Å². The van der Waals surface area contributed by atoms with E-state index in [1.165, 1.54) is 61.8 Å². The Morgan fingerprint density at radius 3 is 0.986 bits per heavy atom. The number of carboxylic acids is 9. The summed E-state index contributed by atoms with van der Waals surface area (Å²) in [5.74, 6) is -15.1. The third kappa shape index (κ3) is 21.9. The van der Waals surface area contributed by atoms with Gasteiger partial charge in [0, 0.05) is 75.6 Å². The fourth-order valence-corrected chi connectivity index (χ4v) is 8.53. The van der Waals surface area contributed by atoms with Crippen molar-refractivity contribution in [2.24, 2.45) is 10.8 Å². The van der Waals surface area contributed by atoms with E-state index in [2.05, 4.69) is 10.6 Å². The Bertz CT molecular complexity index is 2180. The molecule has 11 N–H and O–H groups in total. The molecule has 30 nitrogen and oxygen atoms in total. The maximum atomic E-state index is 13.3. The highest BCUT2D eigenvalue weighted by molar-refractivity contribution is 5.97. The van der Waals surface area contributed by atoms with Gasteiger partial charge in [-0.1, -0.05) is 52.0 Å². The molecule has 2 aromatic carbocycles. The fourth-order valence-electron chi connectivity index (χ4n) is 8.53. The average molecular weight is 1050 g/mol. The molecule has 0 saturated carbocycles. The zero-order valence-electron chi connectivity index (χ0n) is 40.5. The van der Waals surface area contributed by atoms with Crippen molar-refractivity contribution in [2.75, 3.05) is 65.4 Å². The molecule has 30 heteroatoms. The van der Waals surface area contributed by atoms with Crippen molar-refractivity contribution in [1.29, 1.82) is 0 Å². The molecule has 0 amide bonds. The van der Waals surface area contributed by atoms with Crippen LogP contribution in [0.5, 0.6) is 0 Å². The minimum atomic E-state index is -2.22. The second-order valence-electron chi connectivity index (χ2n) is 19.0. The molecule has 0 aliphatic heterocycles. The Morgan fingerprint density at radius 1 is 0.473 bits per heavy atom. The van der Waals surface area contributed by atoms with Crippen LogP contribution in [0, 0.1) is 31.1 Å². The fraction of sp³-hybridized carbons (Fsp3) is 0.523. The van der Waals surface area contributed by atoms with Crippen LogP contribution in [-0.4, -0.2) is 225 Å². The monoisotopic (exact) mass is 1050 g/mol. The third-order valence-corrected chi connectivity index (χ3v) is 10.9. The molecule has 408 valence electrons. The number of rotatable bonds is 37. The maximum Gasteiger partial charge on any atom is 0.336 e. The van der Waals surface area contributed by atoms with Crippen LogP contribution in [0.15, 0.2) is 48.5 Å². The highest BCUT2D eigenvalue weighted by Crippen LogP contribution is 2.27. The summed E-state index contributed by atoms with van der Waals surface area (Å²) in [7, 11) is 0. The van der Waals surface area contributed by atoms with Crippen molar-refractivity contribution in [3.8, 4) is 0 Å². The van der Waals surface area contributed by atoms with Crippen LogP contribution in [-0.2, 0) is 56.0 Å². The van der Waals surface area contributed by atoms with Gasteiger partial charge in [0.15, 0.2) is 6.17 Å². The minimum Gasteiger partial charge on any atom is -0.480 e. The molecule has 74 heavy (non-hydrogen) atoms. The van der Waals surface area contributed by atoms with E-state index in [9.17, 15) is 109 Å². The first-order valence-electron chi connectivity index (χ1n) is 22.1. The van der Waals surface area contributed by atoms with Crippen LogP contribution in [0.1, 0.15) is 38.8 Å². The number of nitro benzene ring substituents is 2. The SMILES string of the molecule is CC(C)(CN(CC(=O)O)CC(Cc1ccc([N+](=O)[O-])cc1)NC(C(=O)O)C(=O)O)CN(CC(=O)O)C(C(=O)O)N(CC(=O)O)CC(C)(C)CN(CC(=O)O)CC(Cc1ccc([N+](=O)[O-])cc1)NC(C(=O)O)C(=O)O. The van der Waals surface area contributed by atoms with Gasteiger partial charge in [0.2, 0.25) is 12.1 Å². The van der Waals surface area contributed by atoms with E-state index in [0.717, 1.165) is 34.1 Å². The average Bonchev–Trinajstić information content (AvgIpc) is 3.22. The Hall–Kier alpha value is -7.77. The Labute approximate surface area is 420 Å². The van der Waals surface area contributed by atoms with Gasteiger partial charge in [-0.25, -0.2) is 24.0 Å². The van der Waals surface area contributed by atoms with Crippen LogP contribution in [0.25, 0.3) is 0 Å². The molecule has 0 spiro atoms. The lowest BCUT2D eigenvalue weighted by Crippen LogP contribution is -2.61. The summed E-state index contributed by atoms with van der Waals surface area (Å²) in [6, 6.07) is 2.98. The summed E-state index contributed by atoms with van der Waals surface area (Å²) >= 11 is 0. The first-order valence-corrected chi connectivity index (χ1v) is 22.1. The number of non-ortho nitro benzene ring substituents is 2. The Morgan fingerprint density at radius 2 is 0.757 bits per heavy atom. The van der Waals surface area contributed by atoms with Gasteiger partial charge in [-0.15, -0.1) is 0 Å². The van der Waals surface area contributed by atoms with Crippen molar-refractivity contribution in [2.45, 2.75) is 70.9 Å². The molecule has 2 rings (SSSR count). The van der Waals surface area contributed by atoms with E-state index in [-0.39, 0.29) is 37.3 Å². The van der Waals surface area contributed by atoms with E-state index in [1.54, 1.807) is 0 Å². The van der Waals surface area contributed by atoms with Gasteiger partial charge in [-0.3, -0.25) is 69.6 Å². The number of carbonyl (C=O) groups is 9. The molecule has 2 unspecified atom stereocenters. The minimum absolute atomic E-state index is 0.205. The van der Waals surface area contributed by atoms with Crippen molar-refractivity contribution in [1.82, 2.24) is 30.2 Å². The van der Waals surface area contributed by atoms with Crippen molar-refractivity contribution in [3.63, 3.8) is 0 Å². The standard InChI is InChI=1S/C44H60N8O22/c1-43(2,21-47(17-31(53)54)15-27(45-35(38(61)62)39(63)64)13-25-5-9-29(10-6-25)51(71)72)23-49(19-33(57)58)37(42(69)70)50(20-34(59)60)24-44(3,4)22-48(18-32(55)56)16-28(46-36(40(65)66)41(67)68)14-26-7-11-30(12-8-26)52(73)74/h5-12,27-28,35-37,45-46H,13-24H2,1-4H3,(H,53,54)(H,55,56)(H,57,58)(H,59,60)(H,61,62)(H,63,64)(H,65,66)(H,67,68)(H,69,70). The molecule has 0 saturated heterocycles. The predicted molar refractivity (Wildman–Crippen MR) is 251 cm³/mol. The second-order valence-corrected chi connectivity index (χ2v) is 19.0. The summed E-state index contributed by atoms with van der Waals surface area (Å²) in [5, 5.41) is 117. The topological polar surface area (TPSA) is 459 Å². The first kappa shape index (κ1) is 62.3. The predicted octanol–water partition coefficient (Wildman–Crippen LogP) is -0.710. The highest BCUT2D eigenvalue weighted by atomic mass is 16.6. The van der Waals surface area contributed by atoms with Crippen LogP contribution >= 0.6 is 0 Å². The van der Waals surface area contributed by atoms with E-state index in [1.807, 2.05) is 0 Å². The Balaban J connectivity index is 2.61. The van der Waals surface area contributed by atoms with Crippen LogP contribution in [0.4, 0.5) is 11.4 Å². The third-order valence-electron chi connectivity index (χ3n) is 10.9. The molecule has 0 aromatic heterocycles. The van der Waals surface area contributed by atoms with E-state index in [4.69, 9.17) is 0 Å². The number of benzene rings is 2. The molecule has 0 bridgehead atoms. The van der Waals surface area contributed by atoms with Gasteiger partial charge in [-0.2, -0.15) is 0 Å². The lowest BCUT2D eigenvalue weighted by Gasteiger charge is -2.44. The van der Waals surface area contributed by atoms with Crippen molar-refractivity contribution in [3.05, 3.63) is 79.9 Å². The summed E-state index contributed by atoms with van der Waals surface area (Å²) in [4.78, 5) is 136. The second kappa shape index (κ2) is 27.9. The molecular weight excluding hydrogens is 993 g/mol. The number of aliphatic carboxylic acids is 9.